The lowest BCUT2D eigenvalue weighted by molar-refractivity contribution is 0.0685. The summed E-state index contributed by atoms with van der Waals surface area (Å²) in [6.45, 7) is 2.00. The van der Waals surface area contributed by atoms with E-state index in [0.717, 1.165) is 12.8 Å². The van der Waals surface area contributed by atoms with E-state index in [9.17, 15) is 18.3 Å². The second-order valence-electron chi connectivity index (χ2n) is 5.33. The number of methoxy groups -OCH3 is 1. The first-order chi connectivity index (χ1) is 9.78. The summed E-state index contributed by atoms with van der Waals surface area (Å²) in [6.07, 6.45) is 3.18. The predicted octanol–water partition coefficient (Wildman–Crippen LogP) is 1.18. The second kappa shape index (κ2) is 5.78. The molecule has 118 valence electrons. The number of aromatic nitrogens is 1. The van der Waals surface area contributed by atoms with E-state index in [1.165, 1.54) is 30.7 Å². The number of sulfonamides is 1. The van der Waals surface area contributed by atoms with Gasteiger partial charge in [0.25, 0.3) is 0 Å². The Morgan fingerprint density at radius 2 is 2.19 bits per heavy atom. The van der Waals surface area contributed by atoms with Crippen LogP contribution in [-0.4, -0.2) is 55.2 Å². The van der Waals surface area contributed by atoms with Crippen molar-refractivity contribution in [1.29, 1.82) is 0 Å². The predicted molar refractivity (Wildman–Crippen MR) is 75.9 cm³/mol. The van der Waals surface area contributed by atoms with Crippen LogP contribution in [0, 0.1) is 0 Å². The molecule has 1 heterocycles. The summed E-state index contributed by atoms with van der Waals surface area (Å²) in [5.41, 5.74) is 0.0175. The van der Waals surface area contributed by atoms with E-state index < -0.39 is 16.0 Å². The summed E-state index contributed by atoms with van der Waals surface area (Å²) in [6, 6.07) is 0.991. The highest BCUT2D eigenvalue weighted by atomic mass is 32.2. The van der Waals surface area contributed by atoms with Gasteiger partial charge in [-0.1, -0.05) is 0 Å². The van der Waals surface area contributed by atoms with Crippen molar-refractivity contribution in [3.63, 3.8) is 0 Å². The average Bonchev–Trinajstić information content (AvgIpc) is 3.15. The Morgan fingerprint density at radius 1 is 1.57 bits per heavy atom. The molecule has 0 spiro atoms. The van der Waals surface area contributed by atoms with Crippen LogP contribution in [0.5, 0.6) is 0 Å². The van der Waals surface area contributed by atoms with Crippen LogP contribution in [0.2, 0.25) is 0 Å². The van der Waals surface area contributed by atoms with E-state index in [2.05, 4.69) is 0 Å². The molecule has 1 fully saturated rings. The number of hydrogen-bond acceptors (Lipinski definition) is 4. The van der Waals surface area contributed by atoms with Gasteiger partial charge in [0.05, 0.1) is 6.61 Å². The van der Waals surface area contributed by atoms with Gasteiger partial charge in [-0.15, -0.1) is 0 Å². The van der Waals surface area contributed by atoms with Gasteiger partial charge in [0.2, 0.25) is 10.0 Å². The summed E-state index contributed by atoms with van der Waals surface area (Å²) in [4.78, 5) is 11.3. The molecule has 2 rings (SSSR count). The molecule has 1 saturated carbocycles. The van der Waals surface area contributed by atoms with Crippen molar-refractivity contribution in [2.75, 3.05) is 20.8 Å². The maximum absolute atomic E-state index is 12.5. The molecular formula is C13H20N2O5S. The van der Waals surface area contributed by atoms with E-state index in [0.29, 0.717) is 0 Å². The fraction of sp³-hybridized carbons (Fsp3) is 0.615. The average molecular weight is 316 g/mol. The Kier molecular flexibility index (Phi) is 4.40. The monoisotopic (exact) mass is 316 g/mol. The van der Waals surface area contributed by atoms with Gasteiger partial charge in [0.15, 0.2) is 0 Å². The van der Waals surface area contributed by atoms with Gasteiger partial charge >= 0.3 is 5.97 Å². The smallest absolute Gasteiger partial charge is 0.352 e. The Morgan fingerprint density at radius 3 is 2.67 bits per heavy atom. The molecule has 0 amide bonds. The molecule has 1 aromatic rings. The first kappa shape index (κ1) is 16.0. The summed E-state index contributed by atoms with van der Waals surface area (Å²) < 4.78 is 32.8. The van der Waals surface area contributed by atoms with Crippen LogP contribution in [0.3, 0.4) is 0 Å². The molecule has 1 aliphatic rings. The van der Waals surface area contributed by atoms with Crippen molar-refractivity contribution in [2.45, 2.75) is 36.7 Å². The van der Waals surface area contributed by atoms with E-state index >= 15 is 0 Å². The van der Waals surface area contributed by atoms with Crippen LogP contribution < -0.4 is 0 Å². The fourth-order valence-corrected chi connectivity index (χ4v) is 3.55. The number of rotatable bonds is 7. The van der Waals surface area contributed by atoms with Crippen LogP contribution in [-0.2, 0) is 14.8 Å². The van der Waals surface area contributed by atoms with Crippen LogP contribution in [0.25, 0.3) is 0 Å². The van der Waals surface area contributed by atoms with Crippen molar-refractivity contribution in [2.24, 2.45) is 0 Å². The van der Waals surface area contributed by atoms with E-state index in [4.69, 9.17) is 4.74 Å². The highest BCUT2D eigenvalue weighted by Crippen LogP contribution is 2.37. The summed E-state index contributed by atoms with van der Waals surface area (Å²) in [7, 11) is -0.763. The van der Waals surface area contributed by atoms with Gasteiger partial charge in [-0.25, -0.2) is 13.2 Å². The van der Waals surface area contributed by atoms with E-state index in [-0.39, 0.29) is 29.3 Å². The molecule has 0 aliphatic heterocycles. The zero-order chi connectivity index (χ0) is 15.8. The van der Waals surface area contributed by atoms with Crippen molar-refractivity contribution in [1.82, 2.24) is 8.87 Å². The molecule has 8 heteroatoms. The van der Waals surface area contributed by atoms with Gasteiger partial charge in [0, 0.05) is 32.4 Å². The molecule has 1 atom stereocenters. The second-order valence-corrected chi connectivity index (χ2v) is 7.33. The van der Waals surface area contributed by atoms with Gasteiger partial charge in [-0.3, -0.25) is 0 Å². The standard InChI is InChI=1S/C13H20N2O5S/c1-9(8-20-3)14(2)21(18,19)11-6-12(13(16)17)15(7-11)10-4-5-10/h6-7,9-10H,4-5,8H2,1-3H3,(H,16,17). The largest absolute Gasteiger partial charge is 0.477 e. The van der Waals surface area contributed by atoms with Crippen LogP contribution >= 0.6 is 0 Å². The number of carboxylic acid groups (broad SMARTS) is 1. The third-order valence-electron chi connectivity index (χ3n) is 3.69. The topological polar surface area (TPSA) is 88.8 Å². The Bertz CT molecular complexity index is 633. The zero-order valence-electron chi connectivity index (χ0n) is 12.3. The minimum absolute atomic E-state index is 0.0113. The number of ether oxygens (including phenoxy) is 1. The van der Waals surface area contributed by atoms with Crippen LogP contribution in [0.1, 0.15) is 36.3 Å². The fourth-order valence-electron chi connectivity index (χ4n) is 2.17. The van der Waals surface area contributed by atoms with Crippen molar-refractivity contribution >= 4 is 16.0 Å². The molecule has 0 saturated heterocycles. The summed E-state index contributed by atoms with van der Waals surface area (Å²) >= 11 is 0. The van der Waals surface area contributed by atoms with E-state index in [1.807, 2.05) is 0 Å². The molecular weight excluding hydrogens is 296 g/mol. The highest BCUT2D eigenvalue weighted by Gasteiger charge is 2.32. The first-order valence-electron chi connectivity index (χ1n) is 6.71. The highest BCUT2D eigenvalue weighted by molar-refractivity contribution is 7.89. The molecule has 1 N–H and O–H groups in total. The van der Waals surface area contributed by atoms with Crippen molar-refractivity contribution in [3.8, 4) is 0 Å². The summed E-state index contributed by atoms with van der Waals surface area (Å²) in [5.74, 6) is -1.11. The SMILES string of the molecule is COCC(C)N(C)S(=O)(=O)c1cc(C(=O)O)n(C2CC2)c1. The quantitative estimate of drug-likeness (QED) is 0.816. The molecule has 7 nitrogen and oxygen atoms in total. The lowest BCUT2D eigenvalue weighted by Gasteiger charge is -2.22. The number of hydrogen-bond donors (Lipinski definition) is 1. The molecule has 0 bridgehead atoms. The maximum Gasteiger partial charge on any atom is 0.352 e. The van der Waals surface area contributed by atoms with Gasteiger partial charge < -0.3 is 14.4 Å². The lowest BCUT2D eigenvalue weighted by Crippen LogP contribution is -2.37. The number of likely N-dealkylation sites (N-methyl/N-ethyl adjacent to an activating group) is 1. The van der Waals surface area contributed by atoms with E-state index in [1.54, 1.807) is 11.5 Å². The molecule has 1 aromatic heterocycles. The number of nitrogens with zero attached hydrogens (tertiary/aromatic N) is 2. The number of carboxylic acids is 1. The summed E-state index contributed by atoms with van der Waals surface area (Å²) in [5, 5.41) is 9.20. The number of carbonyl (C=O) groups is 1. The molecule has 1 unspecified atom stereocenters. The minimum atomic E-state index is -3.73. The molecule has 0 radical (unpaired) electrons. The zero-order valence-corrected chi connectivity index (χ0v) is 13.1. The third kappa shape index (κ3) is 3.12. The van der Waals surface area contributed by atoms with Gasteiger partial charge in [-0.05, 0) is 25.8 Å². The van der Waals surface area contributed by atoms with Crippen molar-refractivity contribution in [3.05, 3.63) is 18.0 Å². The van der Waals surface area contributed by atoms with Gasteiger partial charge in [-0.2, -0.15) is 4.31 Å². The number of aromatic carboxylic acids is 1. The van der Waals surface area contributed by atoms with Gasteiger partial charge in [0.1, 0.15) is 10.6 Å². The molecule has 21 heavy (non-hydrogen) atoms. The lowest BCUT2D eigenvalue weighted by atomic mass is 10.4. The maximum atomic E-state index is 12.5. The molecule has 1 aliphatic carbocycles. The first-order valence-corrected chi connectivity index (χ1v) is 8.15. The van der Waals surface area contributed by atoms with Crippen LogP contribution in [0.15, 0.2) is 17.2 Å². The van der Waals surface area contributed by atoms with Crippen LogP contribution in [0.4, 0.5) is 0 Å². The Balaban J connectivity index is 2.36. The normalized spacial score (nSPS) is 17.1. The Labute approximate surface area is 124 Å². The third-order valence-corrected chi connectivity index (χ3v) is 5.63. The van der Waals surface area contributed by atoms with Crippen molar-refractivity contribution < 1.29 is 23.1 Å². The molecule has 0 aromatic carbocycles. The minimum Gasteiger partial charge on any atom is -0.477 e. The Hall–Kier alpha value is -1.38.